The summed E-state index contributed by atoms with van der Waals surface area (Å²) in [4.78, 5) is 11.3. The van der Waals surface area contributed by atoms with Crippen molar-refractivity contribution >= 4 is 5.78 Å². The van der Waals surface area contributed by atoms with Gasteiger partial charge in [-0.3, -0.25) is 4.79 Å². The summed E-state index contributed by atoms with van der Waals surface area (Å²) < 4.78 is 28.7. The smallest absolute Gasteiger partial charge is 0.387 e. The van der Waals surface area contributed by atoms with Gasteiger partial charge in [0.05, 0.1) is 17.2 Å². The molecular formula is C12H11F2NO2. The minimum absolute atomic E-state index is 0.000880. The van der Waals surface area contributed by atoms with Crippen LogP contribution < -0.4 is 4.74 Å². The number of halogens is 2. The molecule has 3 nitrogen and oxygen atoms in total. The van der Waals surface area contributed by atoms with E-state index in [0.717, 1.165) is 0 Å². The Morgan fingerprint density at radius 1 is 1.53 bits per heavy atom. The number of ether oxygens (including phenoxy) is 1. The highest BCUT2D eigenvalue weighted by Crippen LogP contribution is 2.26. The number of benzene rings is 1. The van der Waals surface area contributed by atoms with Crippen molar-refractivity contribution < 1.29 is 18.3 Å². The van der Waals surface area contributed by atoms with E-state index in [1.54, 1.807) is 6.92 Å². The number of nitriles is 1. The van der Waals surface area contributed by atoms with Crippen LogP contribution in [0.1, 0.15) is 35.3 Å². The van der Waals surface area contributed by atoms with E-state index >= 15 is 0 Å². The van der Waals surface area contributed by atoms with Crippen molar-refractivity contribution in [2.75, 3.05) is 0 Å². The van der Waals surface area contributed by atoms with E-state index in [1.165, 1.54) is 19.1 Å². The fourth-order valence-electron chi connectivity index (χ4n) is 1.49. The number of hydrogen-bond donors (Lipinski definition) is 0. The van der Waals surface area contributed by atoms with Crippen LogP contribution in [-0.4, -0.2) is 12.4 Å². The zero-order chi connectivity index (χ0) is 13.0. The van der Waals surface area contributed by atoms with Crippen LogP contribution in [0, 0.1) is 11.3 Å². The van der Waals surface area contributed by atoms with Crippen molar-refractivity contribution in [3.63, 3.8) is 0 Å². The molecule has 0 aliphatic carbocycles. The number of carbonyl (C=O) groups is 1. The number of ketones is 1. The van der Waals surface area contributed by atoms with Crippen molar-refractivity contribution in [1.82, 2.24) is 0 Å². The Hall–Kier alpha value is -1.96. The second kappa shape index (κ2) is 5.39. The average Bonchev–Trinajstić information content (AvgIpc) is 2.27. The molecule has 17 heavy (non-hydrogen) atoms. The van der Waals surface area contributed by atoms with Crippen molar-refractivity contribution in [1.29, 1.82) is 5.26 Å². The molecule has 0 N–H and O–H groups in total. The first-order chi connectivity index (χ1) is 7.99. The van der Waals surface area contributed by atoms with E-state index in [2.05, 4.69) is 4.74 Å². The van der Waals surface area contributed by atoms with Crippen LogP contribution in [-0.2, 0) is 6.42 Å². The SMILES string of the molecule is CCc1cc(OC(F)F)c(C(C)=O)cc1C#N. The summed E-state index contributed by atoms with van der Waals surface area (Å²) in [6.45, 7) is 0.0293. The second-order valence-corrected chi connectivity index (χ2v) is 3.41. The van der Waals surface area contributed by atoms with Crippen LogP contribution >= 0.6 is 0 Å². The zero-order valence-electron chi connectivity index (χ0n) is 9.46. The summed E-state index contributed by atoms with van der Waals surface area (Å²) in [5.74, 6) is -0.594. The molecule has 90 valence electrons. The van der Waals surface area contributed by atoms with Crippen molar-refractivity contribution in [3.8, 4) is 11.8 Å². The maximum atomic E-state index is 12.2. The summed E-state index contributed by atoms with van der Waals surface area (Å²) in [6, 6.07) is 4.54. The van der Waals surface area contributed by atoms with Crippen LogP contribution in [0.4, 0.5) is 8.78 Å². The number of nitrogens with zero attached hydrogens (tertiary/aromatic N) is 1. The molecule has 0 spiro atoms. The quantitative estimate of drug-likeness (QED) is 0.759. The Balaban J connectivity index is 3.36. The van der Waals surface area contributed by atoms with E-state index < -0.39 is 12.4 Å². The van der Waals surface area contributed by atoms with Gasteiger partial charge in [-0.05, 0) is 31.0 Å². The second-order valence-electron chi connectivity index (χ2n) is 3.41. The number of carbonyl (C=O) groups excluding carboxylic acids is 1. The molecule has 5 heteroatoms. The maximum Gasteiger partial charge on any atom is 0.387 e. The van der Waals surface area contributed by atoms with Crippen LogP contribution in [0.25, 0.3) is 0 Å². The number of rotatable bonds is 4. The molecule has 0 atom stereocenters. The van der Waals surface area contributed by atoms with Gasteiger partial charge in [0.15, 0.2) is 5.78 Å². The van der Waals surface area contributed by atoms with Gasteiger partial charge in [-0.2, -0.15) is 14.0 Å². The minimum atomic E-state index is -2.99. The molecule has 0 bridgehead atoms. The van der Waals surface area contributed by atoms with Gasteiger partial charge < -0.3 is 4.74 Å². The first-order valence-electron chi connectivity index (χ1n) is 5.02. The van der Waals surface area contributed by atoms with Crippen LogP contribution in [0.5, 0.6) is 5.75 Å². The lowest BCUT2D eigenvalue weighted by Crippen LogP contribution is -2.08. The van der Waals surface area contributed by atoms with Crippen LogP contribution in [0.15, 0.2) is 12.1 Å². The molecule has 0 heterocycles. The fourth-order valence-corrected chi connectivity index (χ4v) is 1.49. The molecule has 0 fully saturated rings. The topological polar surface area (TPSA) is 50.1 Å². The van der Waals surface area contributed by atoms with Crippen molar-refractivity contribution in [3.05, 3.63) is 28.8 Å². The number of hydrogen-bond acceptors (Lipinski definition) is 3. The summed E-state index contributed by atoms with van der Waals surface area (Å²) in [6.07, 6.45) is 0.501. The highest BCUT2D eigenvalue weighted by atomic mass is 19.3. The lowest BCUT2D eigenvalue weighted by Gasteiger charge is -2.11. The molecule has 0 saturated heterocycles. The maximum absolute atomic E-state index is 12.2. The fraction of sp³-hybridized carbons (Fsp3) is 0.333. The van der Waals surface area contributed by atoms with Crippen LogP contribution in [0.2, 0.25) is 0 Å². The Morgan fingerprint density at radius 2 is 2.18 bits per heavy atom. The predicted octanol–water partition coefficient (Wildman–Crippen LogP) is 2.92. The molecule has 0 unspecified atom stereocenters. The van der Waals surface area contributed by atoms with E-state index in [-0.39, 0.29) is 11.3 Å². The summed E-state index contributed by atoms with van der Waals surface area (Å²) in [5.41, 5.74) is 0.881. The van der Waals surface area contributed by atoms with E-state index in [1.807, 2.05) is 6.07 Å². The minimum Gasteiger partial charge on any atom is -0.434 e. The molecule has 0 aliphatic heterocycles. The largest absolute Gasteiger partial charge is 0.434 e. The molecular weight excluding hydrogens is 228 g/mol. The van der Waals surface area contributed by atoms with Crippen molar-refractivity contribution in [2.24, 2.45) is 0 Å². The van der Waals surface area contributed by atoms with E-state index in [4.69, 9.17) is 5.26 Å². The molecule has 0 saturated carbocycles. The Morgan fingerprint density at radius 3 is 2.59 bits per heavy atom. The Kier molecular flexibility index (Phi) is 4.16. The monoisotopic (exact) mass is 239 g/mol. The Bertz CT molecular complexity index is 478. The first kappa shape index (κ1) is 13.1. The number of Topliss-reactive ketones (excluding diaryl/α,β-unsaturated/α-hetero) is 1. The standard InChI is InChI=1S/C12H11F2NO2/c1-3-8-5-11(17-12(13)14)10(7(2)16)4-9(8)6-15/h4-5,12H,3H2,1-2H3. The van der Waals surface area contributed by atoms with E-state index in [0.29, 0.717) is 17.5 Å². The van der Waals surface area contributed by atoms with Gasteiger partial charge in [0.2, 0.25) is 0 Å². The lowest BCUT2D eigenvalue weighted by molar-refractivity contribution is -0.0501. The molecule has 1 aromatic rings. The van der Waals surface area contributed by atoms with Gasteiger partial charge in [0, 0.05) is 0 Å². The van der Waals surface area contributed by atoms with Gasteiger partial charge in [-0.15, -0.1) is 0 Å². The number of aryl methyl sites for hydroxylation is 1. The molecule has 0 amide bonds. The van der Waals surface area contributed by atoms with Crippen LogP contribution in [0.3, 0.4) is 0 Å². The average molecular weight is 239 g/mol. The van der Waals surface area contributed by atoms with Crippen molar-refractivity contribution in [2.45, 2.75) is 26.9 Å². The summed E-state index contributed by atoms with van der Waals surface area (Å²) in [7, 11) is 0. The third kappa shape index (κ3) is 3.00. The van der Waals surface area contributed by atoms with Gasteiger partial charge in [-0.1, -0.05) is 6.92 Å². The van der Waals surface area contributed by atoms with Gasteiger partial charge in [-0.25, -0.2) is 0 Å². The summed E-state index contributed by atoms with van der Waals surface area (Å²) in [5, 5.41) is 8.88. The van der Waals surface area contributed by atoms with Gasteiger partial charge in [0.25, 0.3) is 0 Å². The van der Waals surface area contributed by atoms with E-state index in [9.17, 15) is 13.6 Å². The highest BCUT2D eigenvalue weighted by Gasteiger charge is 2.16. The summed E-state index contributed by atoms with van der Waals surface area (Å²) >= 11 is 0. The van der Waals surface area contributed by atoms with Gasteiger partial charge in [0.1, 0.15) is 5.75 Å². The molecule has 1 aromatic carbocycles. The third-order valence-corrected chi connectivity index (χ3v) is 2.30. The molecule has 0 aliphatic rings. The normalized spacial score (nSPS) is 10.1. The Labute approximate surface area is 97.6 Å². The number of alkyl halides is 2. The molecule has 0 radical (unpaired) electrons. The predicted molar refractivity (Wildman–Crippen MR) is 57.2 cm³/mol. The lowest BCUT2D eigenvalue weighted by atomic mass is 10.00. The first-order valence-corrected chi connectivity index (χ1v) is 5.02. The molecule has 0 aromatic heterocycles. The highest BCUT2D eigenvalue weighted by molar-refractivity contribution is 5.97. The zero-order valence-corrected chi connectivity index (χ0v) is 9.46. The third-order valence-electron chi connectivity index (χ3n) is 2.30. The van der Waals surface area contributed by atoms with Gasteiger partial charge >= 0.3 is 6.61 Å². The molecule has 1 rings (SSSR count).